The topological polar surface area (TPSA) is 24.9 Å². The Hall–Kier alpha value is -1.52. The van der Waals surface area contributed by atoms with Crippen molar-refractivity contribution in [2.24, 2.45) is 0 Å². The summed E-state index contributed by atoms with van der Waals surface area (Å²) in [5.41, 5.74) is -0.745. The molecule has 1 N–H and O–H groups in total. The average Bonchev–Trinajstić information content (AvgIpc) is 2.17. The molecule has 0 amide bonds. The van der Waals surface area contributed by atoms with E-state index in [4.69, 9.17) is 0 Å². The lowest BCUT2D eigenvalue weighted by Gasteiger charge is -2.16. The molecule has 0 aromatic carbocycles. The zero-order chi connectivity index (χ0) is 12.2. The van der Waals surface area contributed by atoms with Crippen LogP contribution < -0.4 is 5.32 Å². The predicted octanol–water partition coefficient (Wildman–Crippen LogP) is 3.48. The van der Waals surface area contributed by atoms with Gasteiger partial charge in [-0.05, 0) is 25.5 Å². The van der Waals surface area contributed by atoms with Crippen LogP contribution in [0.25, 0.3) is 0 Å². The molecule has 88 valence electrons. The van der Waals surface area contributed by atoms with E-state index in [0.717, 1.165) is 6.07 Å². The normalized spacial score (nSPS) is 13.2. The Bertz CT molecular complexity index is 360. The molecule has 1 rings (SSSR count). The molecule has 0 saturated carbocycles. The van der Waals surface area contributed by atoms with Crippen molar-refractivity contribution in [1.29, 1.82) is 0 Å². The first kappa shape index (κ1) is 12.5. The molecule has 1 unspecified atom stereocenters. The third kappa shape index (κ3) is 3.25. The van der Waals surface area contributed by atoms with Crippen LogP contribution >= 0.6 is 0 Å². The Labute approximate surface area is 92.2 Å². The fraction of sp³-hybridized carbons (Fsp3) is 0.364. The molecule has 0 aliphatic heterocycles. The molecule has 1 aromatic heterocycles. The Morgan fingerprint density at radius 2 is 2.25 bits per heavy atom. The van der Waals surface area contributed by atoms with Gasteiger partial charge in [-0.15, -0.1) is 6.58 Å². The van der Waals surface area contributed by atoms with Gasteiger partial charge in [0.25, 0.3) is 0 Å². The summed E-state index contributed by atoms with van der Waals surface area (Å²) in [6.45, 7) is 5.31. The lowest BCUT2D eigenvalue weighted by atomic mass is 10.2. The highest BCUT2D eigenvalue weighted by Crippen LogP contribution is 2.33. The number of pyridine rings is 1. The van der Waals surface area contributed by atoms with Crippen molar-refractivity contribution in [3.63, 3.8) is 0 Å². The highest BCUT2D eigenvalue weighted by molar-refractivity contribution is 5.46. The first-order chi connectivity index (χ1) is 7.45. The highest BCUT2D eigenvalue weighted by Gasteiger charge is 2.34. The maximum atomic E-state index is 12.6. The van der Waals surface area contributed by atoms with E-state index in [2.05, 4.69) is 16.9 Å². The van der Waals surface area contributed by atoms with E-state index >= 15 is 0 Å². The molecule has 0 fully saturated rings. The van der Waals surface area contributed by atoms with Gasteiger partial charge in [0, 0.05) is 12.2 Å². The number of hydrogen-bond acceptors (Lipinski definition) is 2. The van der Waals surface area contributed by atoms with E-state index < -0.39 is 11.7 Å². The minimum atomic E-state index is -4.38. The molecule has 1 atom stereocenters. The van der Waals surface area contributed by atoms with E-state index in [9.17, 15) is 13.2 Å². The molecule has 0 bridgehead atoms. The molecular weight excluding hydrogens is 217 g/mol. The maximum Gasteiger partial charge on any atom is 0.419 e. The molecule has 1 heterocycles. The smallest absolute Gasteiger partial charge is 0.367 e. The summed E-state index contributed by atoms with van der Waals surface area (Å²) in [6, 6.07) is 2.15. The molecule has 0 aliphatic rings. The highest BCUT2D eigenvalue weighted by atomic mass is 19.4. The van der Waals surface area contributed by atoms with E-state index in [0.29, 0.717) is 6.42 Å². The number of aromatic nitrogens is 1. The first-order valence-corrected chi connectivity index (χ1v) is 4.84. The zero-order valence-corrected chi connectivity index (χ0v) is 8.88. The number of nitrogens with one attached hydrogen (secondary N) is 1. The Kier molecular flexibility index (Phi) is 3.93. The van der Waals surface area contributed by atoms with Crippen LogP contribution in [-0.2, 0) is 6.18 Å². The summed E-state index contributed by atoms with van der Waals surface area (Å²) in [7, 11) is 0. The molecule has 0 radical (unpaired) electrons. The molecular formula is C11H13F3N2. The summed E-state index contributed by atoms with van der Waals surface area (Å²) in [5.74, 6) is -0.135. The minimum absolute atomic E-state index is 0.131. The number of halogens is 3. The van der Waals surface area contributed by atoms with Crippen molar-refractivity contribution in [3.05, 3.63) is 36.5 Å². The van der Waals surface area contributed by atoms with E-state index in [-0.39, 0.29) is 11.9 Å². The Balaban J connectivity index is 2.91. The van der Waals surface area contributed by atoms with Crippen molar-refractivity contribution in [2.45, 2.75) is 25.6 Å². The molecule has 0 spiro atoms. The number of anilines is 1. The van der Waals surface area contributed by atoms with Crippen LogP contribution in [0.15, 0.2) is 31.0 Å². The molecule has 0 aliphatic carbocycles. The van der Waals surface area contributed by atoms with Crippen molar-refractivity contribution >= 4 is 5.82 Å². The molecule has 16 heavy (non-hydrogen) atoms. The van der Waals surface area contributed by atoms with Crippen LogP contribution in [0.3, 0.4) is 0 Å². The van der Waals surface area contributed by atoms with E-state index in [1.54, 1.807) is 13.0 Å². The largest absolute Gasteiger partial charge is 0.419 e. The van der Waals surface area contributed by atoms with Gasteiger partial charge in [-0.25, -0.2) is 4.98 Å². The molecule has 2 nitrogen and oxygen atoms in total. The van der Waals surface area contributed by atoms with Gasteiger partial charge in [0.05, 0.1) is 5.56 Å². The number of nitrogens with zero attached hydrogens (tertiary/aromatic N) is 1. The average molecular weight is 230 g/mol. The number of hydrogen-bond donors (Lipinski definition) is 1. The first-order valence-electron chi connectivity index (χ1n) is 4.84. The van der Waals surface area contributed by atoms with Crippen LogP contribution in [0.5, 0.6) is 0 Å². The Morgan fingerprint density at radius 3 is 2.81 bits per heavy atom. The third-order valence-electron chi connectivity index (χ3n) is 2.02. The predicted molar refractivity (Wildman–Crippen MR) is 57.1 cm³/mol. The van der Waals surface area contributed by atoms with Gasteiger partial charge in [0.2, 0.25) is 0 Å². The van der Waals surface area contributed by atoms with Crippen LogP contribution in [0, 0.1) is 0 Å². The maximum absolute atomic E-state index is 12.6. The van der Waals surface area contributed by atoms with Crippen molar-refractivity contribution in [2.75, 3.05) is 5.32 Å². The summed E-state index contributed by atoms with van der Waals surface area (Å²) >= 11 is 0. The van der Waals surface area contributed by atoms with Gasteiger partial charge in [-0.2, -0.15) is 13.2 Å². The van der Waals surface area contributed by atoms with Gasteiger partial charge >= 0.3 is 6.18 Å². The summed E-state index contributed by atoms with van der Waals surface area (Å²) < 4.78 is 37.8. The SMILES string of the molecule is C=CCC(C)Nc1ncccc1C(F)(F)F. The second-order valence-electron chi connectivity index (χ2n) is 3.47. The second-order valence-corrected chi connectivity index (χ2v) is 3.47. The minimum Gasteiger partial charge on any atom is -0.367 e. The summed E-state index contributed by atoms with van der Waals surface area (Å²) in [4.78, 5) is 3.70. The van der Waals surface area contributed by atoms with Gasteiger partial charge in [-0.3, -0.25) is 0 Å². The quantitative estimate of drug-likeness (QED) is 0.801. The van der Waals surface area contributed by atoms with Crippen molar-refractivity contribution < 1.29 is 13.2 Å². The van der Waals surface area contributed by atoms with Gasteiger partial charge in [0.15, 0.2) is 0 Å². The van der Waals surface area contributed by atoms with Crippen molar-refractivity contribution in [1.82, 2.24) is 4.98 Å². The monoisotopic (exact) mass is 230 g/mol. The summed E-state index contributed by atoms with van der Waals surface area (Å²) in [6.07, 6.45) is -0.829. The number of rotatable bonds is 4. The Morgan fingerprint density at radius 1 is 1.56 bits per heavy atom. The zero-order valence-electron chi connectivity index (χ0n) is 8.88. The van der Waals surface area contributed by atoms with E-state index in [1.165, 1.54) is 12.3 Å². The molecule has 0 saturated heterocycles. The standard InChI is InChI=1S/C11H13F3N2/c1-3-5-8(2)16-10-9(11(12,13)14)6-4-7-15-10/h3-4,6-8H,1,5H2,2H3,(H,15,16). The molecule has 5 heteroatoms. The fourth-order valence-corrected chi connectivity index (χ4v) is 1.29. The van der Waals surface area contributed by atoms with Crippen LogP contribution in [0.1, 0.15) is 18.9 Å². The van der Waals surface area contributed by atoms with Crippen LogP contribution in [0.4, 0.5) is 19.0 Å². The van der Waals surface area contributed by atoms with E-state index in [1.807, 2.05) is 0 Å². The molecule has 1 aromatic rings. The second kappa shape index (κ2) is 5.01. The van der Waals surface area contributed by atoms with Gasteiger partial charge in [-0.1, -0.05) is 6.08 Å². The lowest BCUT2D eigenvalue weighted by Crippen LogP contribution is -2.19. The fourth-order valence-electron chi connectivity index (χ4n) is 1.29. The van der Waals surface area contributed by atoms with Crippen LogP contribution in [0.2, 0.25) is 0 Å². The van der Waals surface area contributed by atoms with Crippen molar-refractivity contribution in [3.8, 4) is 0 Å². The van der Waals surface area contributed by atoms with Gasteiger partial charge in [0.1, 0.15) is 5.82 Å². The van der Waals surface area contributed by atoms with Gasteiger partial charge < -0.3 is 5.32 Å². The third-order valence-corrected chi connectivity index (χ3v) is 2.02. The number of alkyl halides is 3. The van der Waals surface area contributed by atoms with Crippen LogP contribution in [-0.4, -0.2) is 11.0 Å². The summed E-state index contributed by atoms with van der Waals surface area (Å²) in [5, 5.41) is 2.72. The lowest BCUT2D eigenvalue weighted by molar-refractivity contribution is -0.137.